The standard InChI is InChI=1S/C16H22N2O4/c1-22-14-4-2-3-13(11-14)12-6-9-18(10-7-12)16(21)17-8-5-15(19)20/h2-4,11-12H,5-10H2,1H3,(H,17,21)(H,19,20). The largest absolute Gasteiger partial charge is 0.497 e. The van der Waals surface area contributed by atoms with Crippen LogP contribution in [0.3, 0.4) is 0 Å². The average molecular weight is 306 g/mol. The fraction of sp³-hybridized carbons (Fsp3) is 0.500. The SMILES string of the molecule is COc1cccc(C2CCN(C(=O)NCCC(=O)O)CC2)c1. The summed E-state index contributed by atoms with van der Waals surface area (Å²) in [4.78, 5) is 24.1. The predicted molar refractivity (Wildman–Crippen MR) is 82.2 cm³/mol. The van der Waals surface area contributed by atoms with E-state index in [1.165, 1.54) is 5.56 Å². The first kappa shape index (κ1) is 16.1. The summed E-state index contributed by atoms with van der Waals surface area (Å²) in [7, 11) is 1.66. The quantitative estimate of drug-likeness (QED) is 0.872. The van der Waals surface area contributed by atoms with Crippen molar-refractivity contribution in [3.63, 3.8) is 0 Å². The van der Waals surface area contributed by atoms with E-state index in [9.17, 15) is 9.59 Å². The topological polar surface area (TPSA) is 78.9 Å². The molecule has 0 saturated carbocycles. The van der Waals surface area contributed by atoms with Gasteiger partial charge < -0.3 is 20.1 Å². The molecule has 2 amide bonds. The lowest BCUT2D eigenvalue weighted by Gasteiger charge is -2.32. The highest BCUT2D eigenvalue weighted by Gasteiger charge is 2.23. The number of ether oxygens (including phenoxy) is 1. The average Bonchev–Trinajstić information content (AvgIpc) is 2.54. The van der Waals surface area contributed by atoms with Crippen molar-refractivity contribution >= 4 is 12.0 Å². The van der Waals surface area contributed by atoms with Crippen LogP contribution in [0.1, 0.15) is 30.7 Å². The number of benzene rings is 1. The Bertz CT molecular complexity index is 525. The van der Waals surface area contributed by atoms with Gasteiger partial charge >= 0.3 is 12.0 Å². The zero-order valence-corrected chi connectivity index (χ0v) is 12.7. The van der Waals surface area contributed by atoms with Crippen LogP contribution in [0.25, 0.3) is 0 Å². The minimum atomic E-state index is -0.906. The van der Waals surface area contributed by atoms with Crippen LogP contribution in [-0.2, 0) is 4.79 Å². The number of carbonyl (C=O) groups excluding carboxylic acids is 1. The number of rotatable bonds is 5. The third kappa shape index (κ3) is 4.38. The van der Waals surface area contributed by atoms with Crippen LogP contribution in [0.5, 0.6) is 5.75 Å². The molecule has 1 aliphatic rings. The first-order chi connectivity index (χ1) is 10.6. The Balaban J connectivity index is 1.82. The molecule has 22 heavy (non-hydrogen) atoms. The molecule has 1 fully saturated rings. The molecule has 0 aliphatic carbocycles. The smallest absolute Gasteiger partial charge is 0.317 e. The van der Waals surface area contributed by atoms with Gasteiger partial charge in [0, 0.05) is 19.6 Å². The van der Waals surface area contributed by atoms with Gasteiger partial charge in [-0.3, -0.25) is 4.79 Å². The second-order valence-electron chi connectivity index (χ2n) is 5.41. The molecule has 0 aromatic heterocycles. The van der Waals surface area contributed by atoms with Gasteiger partial charge in [0.15, 0.2) is 0 Å². The van der Waals surface area contributed by atoms with Gasteiger partial charge in [-0.05, 0) is 36.5 Å². The molecule has 120 valence electrons. The van der Waals surface area contributed by atoms with Crippen LogP contribution in [0.15, 0.2) is 24.3 Å². The minimum Gasteiger partial charge on any atom is -0.497 e. The number of carboxylic acids is 1. The third-order valence-corrected chi connectivity index (χ3v) is 3.96. The van der Waals surface area contributed by atoms with Crippen molar-refractivity contribution < 1.29 is 19.4 Å². The number of aliphatic carboxylic acids is 1. The molecule has 0 atom stereocenters. The van der Waals surface area contributed by atoms with Gasteiger partial charge in [-0.15, -0.1) is 0 Å². The van der Waals surface area contributed by atoms with Crippen molar-refractivity contribution in [2.24, 2.45) is 0 Å². The number of carboxylic acid groups (broad SMARTS) is 1. The number of carbonyl (C=O) groups is 2. The van der Waals surface area contributed by atoms with Gasteiger partial charge in [0.05, 0.1) is 13.5 Å². The molecule has 0 unspecified atom stereocenters. The Labute approximate surface area is 130 Å². The Kier molecular flexibility index (Phi) is 5.63. The van der Waals surface area contributed by atoms with E-state index in [2.05, 4.69) is 11.4 Å². The third-order valence-electron chi connectivity index (χ3n) is 3.96. The second-order valence-corrected chi connectivity index (χ2v) is 5.41. The molecule has 2 rings (SSSR count). The maximum Gasteiger partial charge on any atom is 0.317 e. The normalized spacial score (nSPS) is 15.4. The Hall–Kier alpha value is -2.24. The van der Waals surface area contributed by atoms with Crippen molar-refractivity contribution in [3.05, 3.63) is 29.8 Å². The molecule has 1 saturated heterocycles. The highest BCUT2D eigenvalue weighted by atomic mass is 16.5. The van der Waals surface area contributed by atoms with Crippen molar-refractivity contribution in [2.45, 2.75) is 25.2 Å². The molecule has 2 N–H and O–H groups in total. The van der Waals surface area contributed by atoms with Crippen LogP contribution in [0.2, 0.25) is 0 Å². The molecule has 0 bridgehead atoms. The molecule has 1 aromatic rings. The number of nitrogens with zero attached hydrogens (tertiary/aromatic N) is 1. The Morgan fingerprint density at radius 2 is 2.09 bits per heavy atom. The molecule has 1 aliphatic heterocycles. The first-order valence-corrected chi connectivity index (χ1v) is 7.48. The maximum atomic E-state index is 11.9. The van der Waals surface area contributed by atoms with Gasteiger partial charge in [0.2, 0.25) is 0 Å². The lowest BCUT2D eigenvalue weighted by molar-refractivity contribution is -0.136. The molecular formula is C16H22N2O4. The lowest BCUT2D eigenvalue weighted by atomic mass is 9.89. The number of hydrogen-bond donors (Lipinski definition) is 2. The summed E-state index contributed by atoms with van der Waals surface area (Å²) in [5, 5.41) is 11.2. The molecule has 1 heterocycles. The monoisotopic (exact) mass is 306 g/mol. The summed E-state index contributed by atoms with van der Waals surface area (Å²) < 4.78 is 5.25. The van der Waals surface area contributed by atoms with Crippen LogP contribution in [0.4, 0.5) is 4.79 Å². The van der Waals surface area contributed by atoms with Crippen molar-refractivity contribution in [2.75, 3.05) is 26.7 Å². The van der Waals surface area contributed by atoms with Crippen molar-refractivity contribution in [1.82, 2.24) is 10.2 Å². The van der Waals surface area contributed by atoms with E-state index in [1.807, 2.05) is 18.2 Å². The summed E-state index contributed by atoms with van der Waals surface area (Å²) in [6.07, 6.45) is 1.76. The number of hydrogen-bond acceptors (Lipinski definition) is 3. The summed E-state index contributed by atoms with van der Waals surface area (Å²) in [6.45, 7) is 1.53. The molecular weight excluding hydrogens is 284 g/mol. The minimum absolute atomic E-state index is 0.0496. The zero-order chi connectivity index (χ0) is 15.9. The second kappa shape index (κ2) is 7.68. The molecule has 6 heteroatoms. The van der Waals surface area contributed by atoms with E-state index < -0.39 is 5.97 Å². The van der Waals surface area contributed by atoms with E-state index in [-0.39, 0.29) is 19.0 Å². The highest BCUT2D eigenvalue weighted by Crippen LogP contribution is 2.29. The van der Waals surface area contributed by atoms with Crippen molar-refractivity contribution in [1.29, 1.82) is 0 Å². The highest BCUT2D eigenvalue weighted by molar-refractivity contribution is 5.75. The number of piperidine rings is 1. The fourth-order valence-corrected chi connectivity index (χ4v) is 2.70. The predicted octanol–water partition coefficient (Wildman–Crippen LogP) is 2.06. The van der Waals surface area contributed by atoms with Crippen LogP contribution < -0.4 is 10.1 Å². The fourth-order valence-electron chi connectivity index (χ4n) is 2.70. The number of urea groups is 1. The van der Waals surface area contributed by atoms with Crippen LogP contribution in [-0.4, -0.2) is 48.8 Å². The Morgan fingerprint density at radius 3 is 2.73 bits per heavy atom. The van der Waals surface area contributed by atoms with Gasteiger partial charge in [0.25, 0.3) is 0 Å². The number of amides is 2. The van der Waals surface area contributed by atoms with E-state index >= 15 is 0 Å². The van der Waals surface area contributed by atoms with Gasteiger partial charge in [-0.1, -0.05) is 12.1 Å². The van der Waals surface area contributed by atoms with E-state index in [1.54, 1.807) is 12.0 Å². The number of likely N-dealkylation sites (tertiary alicyclic amines) is 1. The number of methoxy groups -OCH3 is 1. The lowest BCUT2D eigenvalue weighted by Crippen LogP contribution is -2.44. The summed E-state index contributed by atoms with van der Waals surface area (Å²) in [6, 6.07) is 7.88. The molecule has 1 aromatic carbocycles. The first-order valence-electron chi connectivity index (χ1n) is 7.48. The molecule has 6 nitrogen and oxygen atoms in total. The summed E-state index contributed by atoms with van der Waals surface area (Å²) >= 11 is 0. The molecule has 0 radical (unpaired) electrons. The van der Waals surface area contributed by atoms with Gasteiger partial charge in [-0.2, -0.15) is 0 Å². The Morgan fingerprint density at radius 1 is 1.36 bits per heavy atom. The van der Waals surface area contributed by atoms with E-state index in [4.69, 9.17) is 9.84 Å². The summed E-state index contributed by atoms with van der Waals surface area (Å²) in [5.41, 5.74) is 1.24. The zero-order valence-electron chi connectivity index (χ0n) is 12.7. The maximum absolute atomic E-state index is 11.9. The van der Waals surface area contributed by atoms with Crippen LogP contribution >= 0.6 is 0 Å². The summed E-state index contributed by atoms with van der Waals surface area (Å²) in [5.74, 6) is 0.376. The van der Waals surface area contributed by atoms with E-state index in [0.717, 1.165) is 18.6 Å². The van der Waals surface area contributed by atoms with Crippen LogP contribution in [0, 0.1) is 0 Å². The van der Waals surface area contributed by atoms with Gasteiger partial charge in [0.1, 0.15) is 5.75 Å². The van der Waals surface area contributed by atoms with Gasteiger partial charge in [-0.25, -0.2) is 4.79 Å². The van der Waals surface area contributed by atoms with Crippen molar-refractivity contribution in [3.8, 4) is 5.75 Å². The number of nitrogens with one attached hydrogen (secondary N) is 1. The van der Waals surface area contributed by atoms with E-state index in [0.29, 0.717) is 19.0 Å². The molecule has 0 spiro atoms.